The minimum atomic E-state index is -0.178. The predicted molar refractivity (Wildman–Crippen MR) is 69.3 cm³/mol. The summed E-state index contributed by atoms with van der Waals surface area (Å²) in [5.41, 5.74) is 1.30. The lowest BCUT2D eigenvalue weighted by Gasteiger charge is -2.15. The second-order valence-corrected chi connectivity index (χ2v) is 5.41. The van der Waals surface area contributed by atoms with Crippen molar-refractivity contribution in [3.8, 4) is 5.75 Å². The molecule has 0 fully saturated rings. The van der Waals surface area contributed by atoms with E-state index in [1.165, 1.54) is 5.56 Å². The van der Waals surface area contributed by atoms with Gasteiger partial charge in [0.2, 0.25) is 0 Å². The monoisotopic (exact) mass is 234 g/mol. The summed E-state index contributed by atoms with van der Waals surface area (Å²) in [6, 6.07) is 8.22. The highest BCUT2D eigenvalue weighted by Crippen LogP contribution is 2.30. The number of rotatable bonds is 5. The molecule has 1 N–H and O–H groups in total. The van der Waals surface area contributed by atoms with Crippen molar-refractivity contribution in [2.24, 2.45) is 5.92 Å². The molecular weight excluding hydrogens is 212 g/mol. The van der Waals surface area contributed by atoms with E-state index in [1.54, 1.807) is 0 Å². The van der Waals surface area contributed by atoms with Crippen LogP contribution in [-0.2, 0) is 6.42 Å². The molecule has 0 saturated carbocycles. The number of hydrogen-bond acceptors (Lipinski definition) is 2. The largest absolute Gasteiger partial charge is 0.490 e. The summed E-state index contributed by atoms with van der Waals surface area (Å²) in [5.74, 6) is 1.59. The van der Waals surface area contributed by atoms with Gasteiger partial charge in [-0.25, -0.2) is 0 Å². The summed E-state index contributed by atoms with van der Waals surface area (Å²) in [5, 5.41) is 9.84. The second kappa shape index (κ2) is 5.54. The molecule has 2 nitrogen and oxygen atoms in total. The van der Waals surface area contributed by atoms with Crippen molar-refractivity contribution in [2.75, 3.05) is 0 Å². The molecule has 0 amide bonds. The van der Waals surface area contributed by atoms with Crippen LogP contribution in [0.2, 0.25) is 0 Å². The van der Waals surface area contributed by atoms with E-state index in [2.05, 4.69) is 26.0 Å². The van der Waals surface area contributed by atoms with Crippen LogP contribution < -0.4 is 4.74 Å². The van der Waals surface area contributed by atoms with Gasteiger partial charge in [-0.3, -0.25) is 0 Å². The fourth-order valence-electron chi connectivity index (χ4n) is 2.46. The number of hydrogen-bond donors (Lipinski definition) is 1. The molecule has 17 heavy (non-hydrogen) atoms. The number of benzene rings is 1. The van der Waals surface area contributed by atoms with E-state index in [0.717, 1.165) is 31.4 Å². The van der Waals surface area contributed by atoms with Crippen molar-refractivity contribution >= 4 is 0 Å². The van der Waals surface area contributed by atoms with Crippen LogP contribution in [0.3, 0.4) is 0 Å². The van der Waals surface area contributed by atoms with Crippen LogP contribution >= 0.6 is 0 Å². The summed E-state index contributed by atoms with van der Waals surface area (Å²) < 4.78 is 5.85. The molecule has 0 spiro atoms. The van der Waals surface area contributed by atoms with Crippen LogP contribution in [0.4, 0.5) is 0 Å². The van der Waals surface area contributed by atoms with Crippen LogP contribution in [0.25, 0.3) is 0 Å². The fourth-order valence-corrected chi connectivity index (χ4v) is 2.46. The van der Waals surface area contributed by atoms with Gasteiger partial charge in [0.25, 0.3) is 0 Å². The normalized spacial score (nSPS) is 20.1. The van der Waals surface area contributed by atoms with Gasteiger partial charge in [0.1, 0.15) is 11.9 Å². The third-order valence-electron chi connectivity index (χ3n) is 3.28. The first-order chi connectivity index (χ1) is 8.15. The highest BCUT2D eigenvalue weighted by Gasteiger charge is 2.22. The van der Waals surface area contributed by atoms with E-state index in [-0.39, 0.29) is 12.2 Å². The highest BCUT2D eigenvalue weighted by molar-refractivity contribution is 5.37. The van der Waals surface area contributed by atoms with Crippen molar-refractivity contribution in [1.29, 1.82) is 0 Å². The Morgan fingerprint density at radius 2 is 2.12 bits per heavy atom. The Morgan fingerprint density at radius 3 is 2.82 bits per heavy atom. The van der Waals surface area contributed by atoms with E-state index in [4.69, 9.17) is 4.74 Å². The first kappa shape index (κ1) is 12.4. The lowest BCUT2D eigenvalue weighted by molar-refractivity contribution is 0.116. The standard InChI is InChI=1S/C15H22O2/c1-11(2)9-13(16)7-8-14-10-12-5-3-4-6-15(12)17-14/h3-6,11,13-14,16H,7-10H2,1-2H3. The van der Waals surface area contributed by atoms with Gasteiger partial charge < -0.3 is 9.84 Å². The summed E-state index contributed by atoms with van der Waals surface area (Å²) in [4.78, 5) is 0. The van der Waals surface area contributed by atoms with E-state index < -0.39 is 0 Å². The Bertz CT molecular complexity index is 335. The van der Waals surface area contributed by atoms with Crippen molar-refractivity contribution in [3.63, 3.8) is 0 Å². The molecule has 1 aliphatic heterocycles. The number of para-hydroxylation sites is 1. The van der Waals surface area contributed by atoms with Gasteiger partial charge in [-0.05, 0) is 36.8 Å². The molecular formula is C15H22O2. The molecule has 2 rings (SSSR count). The van der Waals surface area contributed by atoms with Crippen LogP contribution in [-0.4, -0.2) is 17.3 Å². The molecule has 1 aromatic rings. The lowest BCUT2D eigenvalue weighted by atomic mass is 9.99. The average Bonchev–Trinajstić information content (AvgIpc) is 2.68. The first-order valence-electron chi connectivity index (χ1n) is 6.57. The van der Waals surface area contributed by atoms with Crippen molar-refractivity contribution in [3.05, 3.63) is 29.8 Å². The molecule has 0 saturated heterocycles. The maximum Gasteiger partial charge on any atom is 0.123 e. The van der Waals surface area contributed by atoms with Crippen molar-refractivity contribution in [1.82, 2.24) is 0 Å². The molecule has 0 bridgehead atoms. The van der Waals surface area contributed by atoms with E-state index in [1.807, 2.05) is 12.1 Å². The Labute approximate surface area is 104 Å². The maximum atomic E-state index is 9.84. The van der Waals surface area contributed by atoms with Gasteiger partial charge in [0, 0.05) is 6.42 Å². The van der Waals surface area contributed by atoms with Crippen molar-refractivity contribution < 1.29 is 9.84 Å². The Hall–Kier alpha value is -1.02. The van der Waals surface area contributed by atoms with Gasteiger partial charge in [-0.1, -0.05) is 32.0 Å². The average molecular weight is 234 g/mol. The lowest BCUT2D eigenvalue weighted by Crippen LogP contribution is -2.18. The maximum absolute atomic E-state index is 9.84. The number of aliphatic hydroxyl groups excluding tert-OH is 1. The SMILES string of the molecule is CC(C)CC(O)CCC1Cc2ccccc2O1. The molecule has 1 aliphatic rings. The van der Waals surface area contributed by atoms with E-state index >= 15 is 0 Å². The Morgan fingerprint density at radius 1 is 1.35 bits per heavy atom. The first-order valence-corrected chi connectivity index (χ1v) is 6.57. The molecule has 0 radical (unpaired) electrons. The van der Waals surface area contributed by atoms with Gasteiger partial charge in [0.05, 0.1) is 6.10 Å². The molecule has 2 unspecified atom stereocenters. The Kier molecular flexibility index (Phi) is 4.06. The number of aliphatic hydroxyl groups is 1. The minimum Gasteiger partial charge on any atom is -0.490 e. The van der Waals surface area contributed by atoms with Crippen LogP contribution in [0.5, 0.6) is 5.75 Å². The molecule has 0 aromatic heterocycles. The molecule has 1 heterocycles. The zero-order valence-electron chi connectivity index (χ0n) is 10.7. The molecule has 0 aliphatic carbocycles. The molecule has 94 valence electrons. The smallest absolute Gasteiger partial charge is 0.123 e. The van der Waals surface area contributed by atoms with Crippen LogP contribution in [0, 0.1) is 5.92 Å². The van der Waals surface area contributed by atoms with E-state index in [9.17, 15) is 5.11 Å². The topological polar surface area (TPSA) is 29.5 Å². The van der Waals surface area contributed by atoms with Gasteiger partial charge in [-0.2, -0.15) is 0 Å². The molecule has 2 atom stereocenters. The number of ether oxygens (including phenoxy) is 1. The second-order valence-electron chi connectivity index (χ2n) is 5.41. The fraction of sp³-hybridized carbons (Fsp3) is 0.600. The van der Waals surface area contributed by atoms with Crippen molar-refractivity contribution in [2.45, 2.75) is 51.7 Å². The quantitative estimate of drug-likeness (QED) is 0.848. The molecule has 1 aromatic carbocycles. The van der Waals surface area contributed by atoms with Gasteiger partial charge in [0.15, 0.2) is 0 Å². The Balaban J connectivity index is 1.76. The van der Waals surface area contributed by atoms with Crippen LogP contribution in [0.1, 0.15) is 38.7 Å². The minimum absolute atomic E-state index is 0.178. The third kappa shape index (κ3) is 3.47. The van der Waals surface area contributed by atoms with Gasteiger partial charge in [-0.15, -0.1) is 0 Å². The molecule has 2 heteroatoms. The summed E-state index contributed by atoms with van der Waals surface area (Å²) in [6.45, 7) is 4.29. The third-order valence-corrected chi connectivity index (χ3v) is 3.28. The predicted octanol–water partition coefficient (Wildman–Crippen LogP) is 3.18. The van der Waals surface area contributed by atoms with E-state index in [0.29, 0.717) is 5.92 Å². The van der Waals surface area contributed by atoms with Gasteiger partial charge >= 0.3 is 0 Å². The zero-order valence-corrected chi connectivity index (χ0v) is 10.7. The zero-order chi connectivity index (χ0) is 12.3. The summed E-state index contributed by atoms with van der Waals surface area (Å²) >= 11 is 0. The highest BCUT2D eigenvalue weighted by atomic mass is 16.5. The summed E-state index contributed by atoms with van der Waals surface area (Å²) in [6.07, 6.45) is 3.75. The number of fused-ring (bicyclic) bond motifs is 1. The van der Waals surface area contributed by atoms with Crippen LogP contribution in [0.15, 0.2) is 24.3 Å². The summed E-state index contributed by atoms with van der Waals surface area (Å²) in [7, 11) is 0.